The molecule has 0 aliphatic rings. The highest BCUT2D eigenvalue weighted by atomic mass is 32.2. The Balaban J connectivity index is 1.88. The van der Waals surface area contributed by atoms with Gasteiger partial charge in [-0.3, -0.25) is 4.40 Å². The minimum atomic E-state index is 0.109. The van der Waals surface area contributed by atoms with Gasteiger partial charge in [0.1, 0.15) is 5.82 Å². The van der Waals surface area contributed by atoms with Gasteiger partial charge in [0.15, 0.2) is 5.16 Å². The SMILES string of the molecule is Cc1cc(C)n2c(SCc3nc(N)nc(N)n3)nnc2n1. The fraction of sp³-hybridized carbons (Fsp3) is 0.273. The number of hydrogen-bond acceptors (Lipinski definition) is 9. The summed E-state index contributed by atoms with van der Waals surface area (Å²) in [4.78, 5) is 16.1. The summed E-state index contributed by atoms with van der Waals surface area (Å²) in [7, 11) is 0. The van der Waals surface area contributed by atoms with E-state index >= 15 is 0 Å². The van der Waals surface area contributed by atoms with Gasteiger partial charge in [-0.2, -0.15) is 15.0 Å². The summed E-state index contributed by atoms with van der Waals surface area (Å²) in [6, 6.07) is 1.97. The number of fused-ring (bicyclic) bond motifs is 1. The van der Waals surface area contributed by atoms with E-state index in [-0.39, 0.29) is 11.9 Å². The molecule has 0 aromatic carbocycles. The first-order valence-electron chi connectivity index (χ1n) is 6.11. The third kappa shape index (κ3) is 2.70. The Morgan fingerprint density at radius 1 is 1.05 bits per heavy atom. The van der Waals surface area contributed by atoms with Crippen LogP contribution in [-0.4, -0.2) is 34.5 Å². The standard InChI is InChI=1S/C11H13N9S/c1-5-3-6(2)20-10(14-5)18-19-11(20)21-4-7-15-8(12)17-9(13)16-7/h3H,4H2,1-2H3,(H4,12,13,15,16,17). The van der Waals surface area contributed by atoms with Crippen molar-refractivity contribution in [1.82, 2.24) is 34.5 Å². The molecule has 0 fully saturated rings. The van der Waals surface area contributed by atoms with Crippen molar-refractivity contribution in [2.75, 3.05) is 11.5 Å². The molecular formula is C11H13N9S. The molecule has 3 aromatic rings. The molecule has 3 aromatic heterocycles. The molecule has 4 N–H and O–H groups in total. The zero-order valence-electron chi connectivity index (χ0n) is 11.5. The van der Waals surface area contributed by atoms with Crippen molar-refractivity contribution in [2.24, 2.45) is 0 Å². The zero-order valence-corrected chi connectivity index (χ0v) is 12.3. The topological polar surface area (TPSA) is 134 Å². The molecule has 0 aliphatic carbocycles. The van der Waals surface area contributed by atoms with Crippen LogP contribution >= 0.6 is 11.8 Å². The number of aryl methyl sites for hydroxylation is 2. The van der Waals surface area contributed by atoms with E-state index in [9.17, 15) is 0 Å². The fourth-order valence-corrected chi connectivity index (χ4v) is 2.78. The van der Waals surface area contributed by atoms with Gasteiger partial charge < -0.3 is 11.5 Å². The minimum absolute atomic E-state index is 0.109. The number of nitrogen functional groups attached to an aromatic ring is 2. The van der Waals surface area contributed by atoms with Crippen LogP contribution in [0.25, 0.3) is 5.78 Å². The van der Waals surface area contributed by atoms with Crippen molar-refractivity contribution in [2.45, 2.75) is 24.8 Å². The maximum Gasteiger partial charge on any atom is 0.256 e. The van der Waals surface area contributed by atoms with Crippen LogP contribution < -0.4 is 11.5 Å². The van der Waals surface area contributed by atoms with Crippen molar-refractivity contribution in [3.8, 4) is 0 Å². The molecule has 0 amide bonds. The second kappa shape index (κ2) is 5.13. The van der Waals surface area contributed by atoms with Gasteiger partial charge in [0.05, 0.1) is 5.75 Å². The van der Waals surface area contributed by atoms with Crippen molar-refractivity contribution in [1.29, 1.82) is 0 Å². The van der Waals surface area contributed by atoms with Gasteiger partial charge in [-0.05, 0) is 19.9 Å². The van der Waals surface area contributed by atoms with E-state index in [0.29, 0.717) is 22.5 Å². The highest BCUT2D eigenvalue weighted by Gasteiger charge is 2.11. The van der Waals surface area contributed by atoms with Crippen LogP contribution in [0.4, 0.5) is 11.9 Å². The molecule has 3 rings (SSSR count). The summed E-state index contributed by atoms with van der Waals surface area (Å²) in [5.41, 5.74) is 13.0. The maximum absolute atomic E-state index is 5.55. The molecular weight excluding hydrogens is 290 g/mol. The summed E-state index contributed by atoms with van der Waals surface area (Å²) >= 11 is 1.43. The Hall–Kier alpha value is -2.49. The van der Waals surface area contributed by atoms with Gasteiger partial charge >= 0.3 is 0 Å². The number of rotatable bonds is 3. The highest BCUT2D eigenvalue weighted by molar-refractivity contribution is 7.98. The van der Waals surface area contributed by atoms with Crippen molar-refractivity contribution < 1.29 is 0 Å². The van der Waals surface area contributed by atoms with Crippen LogP contribution in [0.15, 0.2) is 11.2 Å². The first kappa shape index (κ1) is 13.5. The molecule has 0 aliphatic heterocycles. The van der Waals surface area contributed by atoms with Crippen LogP contribution in [0.1, 0.15) is 17.2 Å². The largest absolute Gasteiger partial charge is 0.368 e. The fourth-order valence-electron chi connectivity index (χ4n) is 1.94. The van der Waals surface area contributed by atoms with E-state index in [1.54, 1.807) is 0 Å². The van der Waals surface area contributed by atoms with E-state index < -0.39 is 0 Å². The summed E-state index contributed by atoms with van der Waals surface area (Å²) in [5.74, 6) is 1.75. The predicted octanol–water partition coefficient (Wildman–Crippen LogP) is 0.383. The second-order valence-corrected chi connectivity index (χ2v) is 5.36. The van der Waals surface area contributed by atoms with Crippen LogP contribution in [0.2, 0.25) is 0 Å². The molecule has 0 saturated heterocycles. The quantitative estimate of drug-likeness (QED) is 0.658. The average Bonchev–Trinajstić information content (AvgIpc) is 2.78. The average molecular weight is 303 g/mol. The molecule has 0 atom stereocenters. The van der Waals surface area contributed by atoms with Crippen LogP contribution in [0, 0.1) is 13.8 Å². The zero-order chi connectivity index (χ0) is 15.0. The molecule has 0 unspecified atom stereocenters. The Morgan fingerprint density at radius 3 is 2.48 bits per heavy atom. The Morgan fingerprint density at radius 2 is 1.76 bits per heavy atom. The van der Waals surface area contributed by atoms with Gasteiger partial charge in [0, 0.05) is 11.4 Å². The monoisotopic (exact) mass is 303 g/mol. The number of nitrogens with zero attached hydrogens (tertiary/aromatic N) is 7. The molecule has 0 radical (unpaired) electrons. The van der Waals surface area contributed by atoms with Gasteiger partial charge in [-0.15, -0.1) is 10.2 Å². The van der Waals surface area contributed by atoms with Crippen molar-refractivity contribution >= 4 is 29.4 Å². The molecule has 9 nitrogen and oxygen atoms in total. The van der Waals surface area contributed by atoms with E-state index in [1.165, 1.54) is 11.8 Å². The number of hydrogen-bond donors (Lipinski definition) is 2. The van der Waals surface area contributed by atoms with Gasteiger partial charge in [-0.25, -0.2) is 4.98 Å². The first-order chi connectivity index (χ1) is 10.0. The van der Waals surface area contributed by atoms with Crippen LogP contribution in [0.3, 0.4) is 0 Å². The van der Waals surface area contributed by atoms with Gasteiger partial charge in [0.25, 0.3) is 5.78 Å². The lowest BCUT2D eigenvalue weighted by Crippen LogP contribution is -2.06. The molecule has 21 heavy (non-hydrogen) atoms. The lowest BCUT2D eigenvalue weighted by atomic mass is 10.3. The van der Waals surface area contributed by atoms with Crippen LogP contribution in [-0.2, 0) is 5.75 Å². The predicted molar refractivity (Wildman–Crippen MR) is 78.5 cm³/mol. The normalized spacial score (nSPS) is 11.1. The number of thioether (sulfide) groups is 1. The number of aromatic nitrogens is 7. The highest BCUT2D eigenvalue weighted by Crippen LogP contribution is 2.21. The first-order valence-corrected chi connectivity index (χ1v) is 7.09. The van der Waals surface area contributed by atoms with Gasteiger partial charge in [-0.1, -0.05) is 11.8 Å². The van der Waals surface area contributed by atoms with E-state index in [1.807, 2.05) is 24.3 Å². The molecule has 0 bridgehead atoms. The van der Waals surface area contributed by atoms with Crippen molar-refractivity contribution in [3.05, 3.63) is 23.3 Å². The third-order valence-electron chi connectivity index (χ3n) is 2.71. The summed E-state index contributed by atoms with van der Waals surface area (Å²) in [6.45, 7) is 3.90. The molecule has 3 heterocycles. The Labute approximate surface area is 124 Å². The van der Waals surface area contributed by atoms with Crippen LogP contribution in [0.5, 0.6) is 0 Å². The molecule has 0 spiro atoms. The smallest absolute Gasteiger partial charge is 0.256 e. The van der Waals surface area contributed by atoms with Gasteiger partial charge in [0.2, 0.25) is 11.9 Å². The maximum atomic E-state index is 5.55. The lowest BCUT2D eigenvalue weighted by molar-refractivity contribution is 0.882. The number of anilines is 2. The molecule has 10 heteroatoms. The summed E-state index contributed by atoms with van der Waals surface area (Å²) in [6.07, 6.45) is 0. The minimum Gasteiger partial charge on any atom is -0.368 e. The summed E-state index contributed by atoms with van der Waals surface area (Å²) < 4.78 is 1.88. The number of nitrogens with two attached hydrogens (primary N) is 2. The molecule has 0 saturated carbocycles. The van der Waals surface area contributed by atoms with E-state index in [2.05, 4.69) is 30.1 Å². The van der Waals surface area contributed by atoms with E-state index in [0.717, 1.165) is 11.4 Å². The van der Waals surface area contributed by atoms with Crippen molar-refractivity contribution in [3.63, 3.8) is 0 Å². The second-order valence-electron chi connectivity index (χ2n) is 4.41. The Bertz CT molecular complexity index is 793. The summed E-state index contributed by atoms with van der Waals surface area (Å²) in [5, 5.41) is 8.92. The third-order valence-corrected chi connectivity index (χ3v) is 3.63. The molecule has 108 valence electrons. The Kier molecular flexibility index (Phi) is 3.29. The lowest BCUT2D eigenvalue weighted by Gasteiger charge is -2.04. The van der Waals surface area contributed by atoms with E-state index in [4.69, 9.17) is 11.5 Å².